The number of aromatic nitrogens is 2. The molecule has 0 aliphatic rings. The Labute approximate surface area is 96.1 Å². The van der Waals surface area contributed by atoms with Gasteiger partial charge in [0.25, 0.3) is 0 Å². The van der Waals surface area contributed by atoms with Crippen molar-refractivity contribution in [2.24, 2.45) is 0 Å². The highest BCUT2D eigenvalue weighted by molar-refractivity contribution is 5.32. The van der Waals surface area contributed by atoms with E-state index in [9.17, 15) is 8.78 Å². The Balaban J connectivity index is 2.34. The minimum atomic E-state index is -1.07. The van der Waals surface area contributed by atoms with Crippen LogP contribution >= 0.6 is 0 Å². The minimum absolute atomic E-state index is 0.0109. The summed E-state index contributed by atoms with van der Waals surface area (Å²) in [6, 6.07) is 5.11. The molecule has 2 aromatic rings. The standard InChI is InChI=1S/C11H9F2N3O/c1-6-5-9(16-11(14)15-6)17-8-4-2-3-7(12)10(8)13/h2-5H,1H3,(H2,14,15,16). The van der Waals surface area contributed by atoms with E-state index < -0.39 is 11.6 Å². The Kier molecular flexibility index (Phi) is 2.86. The average molecular weight is 237 g/mol. The van der Waals surface area contributed by atoms with E-state index in [1.165, 1.54) is 18.2 Å². The number of anilines is 1. The van der Waals surface area contributed by atoms with Crippen LogP contribution in [0.4, 0.5) is 14.7 Å². The van der Waals surface area contributed by atoms with Crippen LogP contribution in [-0.4, -0.2) is 9.97 Å². The van der Waals surface area contributed by atoms with Crippen LogP contribution in [0, 0.1) is 18.6 Å². The number of nitrogen functional groups attached to an aromatic ring is 1. The zero-order chi connectivity index (χ0) is 12.4. The fourth-order valence-corrected chi connectivity index (χ4v) is 1.29. The van der Waals surface area contributed by atoms with Gasteiger partial charge in [0.2, 0.25) is 17.6 Å². The first kappa shape index (κ1) is 11.3. The SMILES string of the molecule is Cc1cc(Oc2cccc(F)c2F)nc(N)n1. The van der Waals surface area contributed by atoms with Crippen LogP contribution in [0.25, 0.3) is 0 Å². The third-order valence-electron chi connectivity index (χ3n) is 1.98. The lowest BCUT2D eigenvalue weighted by Gasteiger charge is -2.06. The molecule has 0 fully saturated rings. The molecule has 0 radical (unpaired) electrons. The molecule has 0 saturated heterocycles. The first-order valence-electron chi connectivity index (χ1n) is 4.79. The van der Waals surface area contributed by atoms with Gasteiger partial charge in [-0.15, -0.1) is 0 Å². The first-order valence-corrected chi connectivity index (χ1v) is 4.79. The molecule has 0 aliphatic heterocycles. The fraction of sp³-hybridized carbons (Fsp3) is 0.0909. The minimum Gasteiger partial charge on any atom is -0.436 e. The Morgan fingerprint density at radius 1 is 1.24 bits per heavy atom. The van der Waals surface area contributed by atoms with E-state index in [1.54, 1.807) is 6.92 Å². The summed E-state index contributed by atoms with van der Waals surface area (Å²) in [6.45, 7) is 1.69. The molecule has 0 aliphatic carbocycles. The zero-order valence-corrected chi connectivity index (χ0v) is 8.95. The number of hydrogen-bond donors (Lipinski definition) is 1. The number of nitrogens with two attached hydrogens (primary N) is 1. The van der Waals surface area contributed by atoms with Crippen molar-refractivity contribution in [2.75, 3.05) is 5.73 Å². The predicted molar refractivity (Wildman–Crippen MR) is 57.6 cm³/mol. The van der Waals surface area contributed by atoms with Gasteiger partial charge < -0.3 is 10.5 Å². The number of halogens is 2. The van der Waals surface area contributed by atoms with Crippen molar-refractivity contribution in [2.45, 2.75) is 6.92 Å². The summed E-state index contributed by atoms with van der Waals surface area (Å²) in [5.41, 5.74) is 5.98. The van der Waals surface area contributed by atoms with Gasteiger partial charge in [0.1, 0.15) is 0 Å². The van der Waals surface area contributed by atoms with Gasteiger partial charge in [-0.25, -0.2) is 9.37 Å². The van der Waals surface area contributed by atoms with E-state index in [-0.39, 0.29) is 17.6 Å². The van der Waals surface area contributed by atoms with Crippen molar-refractivity contribution in [1.82, 2.24) is 9.97 Å². The molecule has 2 N–H and O–H groups in total. The second-order valence-corrected chi connectivity index (χ2v) is 3.36. The van der Waals surface area contributed by atoms with E-state index in [0.29, 0.717) is 5.69 Å². The maximum Gasteiger partial charge on any atom is 0.224 e. The Morgan fingerprint density at radius 2 is 2.00 bits per heavy atom. The summed E-state index contributed by atoms with van der Waals surface area (Å²) in [7, 11) is 0. The molecule has 0 atom stereocenters. The van der Waals surface area contributed by atoms with E-state index in [4.69, 9.17) is 10.5 Å². The Hall–Kier alpha value is -2.24. The van der Waals surface area contributed by atoms with E-state index in [1.807, 2.05) is 0 Å². The summed E-state index contributed by atoms with van der Waals surface area (Å²) < 4.78 is 31.3. The molecule has 1 aromatic heterocycles. The van der Waals surface area contributed by atoms with Gasteiger partial charge in [-0.1, -0.05) is 6.07 Å². The summed E-state index contributed by atoms with van der Waals surface area (Å²) in [6.07, 6.45) is 0. The molecule has 2 rings (SSSR count). The van der Waals surface area contributed by atoms with Crippen LogP contribution in [0.15, 0.2) is 24.3 Å². The molecule has 4 nitrogen and oxygen atoms in total. The zero-order valence-electron chi connectivity index (χ0n) is 8.95. The van der Waals surface area contributed by atoms with Gasteiger partial charge in [0.05, 0.1) is 0 Å². The first-order chi connectivity index (χ1) is 8.06. The molecule has 0 saturated carbocycles. The van der Waals surface area contributed by atoms with Crippen LogP contribution in [-0.2, 0) is 0 Å². The predicted octanol–water partition coefficient (Wildman–Crippen LogP) is 2.44. The maximum atomic E-state index is 13.3. The van der Waals surface area contributed by atoms with Crippen molar-refractivity contribution >= 4 is 5.95 Å². The highest BCUT2D eigenvalue weighted by Gasteiger charge is 2.10. The van der Waals surface area contributed by atoms with Gasteiger partial charge >= 0.3 is 0 Å². The molecule has 17 heavy (non-hydrogen) atoms. The summed E-state index contributed by atoms with van der Waals surface area (Å²) >= 11 is 0. The maximum absolute atomic E-state index is 13.3. The lowest BCUT2D eigenvalue weighted by atomic mass is 10.3. The third kappa shape index (κ3) is 2.47. The Bertz CT molecular complexity index is 540. The highest BCUT2D eigenvalue weighted by Crippen LogP contribution is 2.24. The largest absolute Gasteiger partial charge is 0.436 e. The molecular weight excluding hydrogens is 228 g/mol. The number of aryl methyl sites for hydroxylation is 1. The lowest BCUT2D eigenvalue weighted by Crippen LogP contribution is -2.00. The highest BCUT2D eigenvalue weighted by atomic mass is 19.2. The molecule has 6 heteroatoms. The molecule has 0 unspecified atom stereocenters. The molecule has 0 bridgehead atoms. The van der Waals surface area contributed by atoms with E-state index in [0.717, 1.165) is 6.07 Å². The van der Waals surface area contributed by atoms with Crippen LogP contribution in [0.1, 0.15) is 5.69 Å². The Morgan fingerprint density at radius 3 is 2.71 bits per heavy atom. The average Bonchev–Trinajstić information content (AvgIpc) is 2.23. The van der Waals surface area contributed by atoms with Crippen molar-refractivity contribution in [3.63, 3.8) is 0 Å². The molecule has 0 amide bonds. The number of nitrogens with zero attached hydrogens (tertiary/aromatic N) is 2. The van der Waals surface area contributed by atoms with Crippen molar-refractivity contribution < 1.29 is 13.5 Å². The fourth-order valence-electron chi connectivity index (χ4n) is 1.29. The monoisotopic (exact) mass is 237 g/mol. The summed E-state index contributed by atoms with van der Waals surface area (Å²) in [4.78, 5) is 7.59. The number of hydrogen-bond acceptors (Lipinski definition) is 4. The van der Waals surface area contributed by atoms with Crippen molar-refractivity contribution in [3.8, 4) is 11.6 Å². The van der Waals surface area contributed by atoms with Gasteiger partial charge in [-0.05, 0) is 19.1 Å². The quantitative estimate of drug-likeness (QED) is 0.871. The second-order valence-electron chi connectivity index (χ2n) is 3.36. The second kappa shape index (κ2) is 4.32. The third-order valence-corrected chi connectivity index (χ3v) is 1.98. The molecule has 88 valence electrons. The van der Waals surface area contributed by atoms with Crippen molar-refractivity contribution in [1.29, 1.82) is 0 Å². The number of rotatable bonds is 2. The lowest BCUT2D eigenvalue weighted by molar-refractivity contribution is 0.405. The van der Waals surface area contributed by atoms with Crippen LogP contribution in [0.2, 0.25) is 0 Å². The van der Waals surface area contributed by atoms with E-state index >= 15 is 0 Å². The normalized spacial score (nSPS) is 10.3. The summed E-state index contributed by atoms with van der Waals surface area (Å²) in [5, 5.41) is 0. The molecule has 1 heterocycles. The van der Waals surface area contributed by atoms with Gasteiger partial charge in [0, 0.05) is 11.8 Å². The van der Waals surface area contributed by atoms with Gasteiger partial charge in [0.15, 0.2) is 11.6 Å². The van der Waals surface area contributed by atoms with E-state index in [2.05, 4.69) is 9.97 Å². The van der Waals surface area contributed by atoms with Crippen LogP contribution < -0.4 is 10.5 Å². The molecule has 1 aromatic carbocycles. The van der Waals surface area contributed by atoms with Crippen LogP contribution in [0.3, 0.4) is 0 Å². The molecule has 0 spiro atoms. The smallest absolute Gasteiger partial charge is 0.224 e. The van der Waals surface area contributed by atoms with Gasteiger partial charge in [-0.2, -0.15) is 9.37 Å². The number of ether oxygens (including phenoxy) is 1. The molecular formula is C11H9F2N3O. The van der Waals surface area contributed by atoms with Crippen molar-refractivity contribution in [3.05, 3.63) is 41.6 Å². The number of benzene rings is 1. The van der Waals surface area contributed by atoms with Gasteiger partial charge in [-0.3, -0.25) is 0 Å². The van der Waals surface area contributed by atoms with Crippen LogP contribution in [0.5, 0.6) is 11.6 Å². The summed E-state index contributed by atoms with van der Waals surface area (Å²) in [5.74, 6) is -2.22. The topological polar surface area (TPSA) is 61.0 Å².